The van der Waals surface area contributed by atoms with Gasteiger partial charge in [-0.2, -0.15) is 0 Å². The Morgan fingerprint density at radius 1 is 1.20 bits per heavy atom. The minimum Gasteiger partial charge on any atom is -0.456 e. The molecular formula is C18H13N3O2S2. The van der Waals surface area contributed by atoms with Gasteiger partial charge in [-0.05, 0) is 42.2 Å². The number of carbonyl (C=O) groups excluding carboxylic acids is 1. The van der Waals surface area contributed by atoms with Gasteiger partial charge in [0.05, 0.1) is 0 Å². The van der Waals surface area contributed by atoms with Crippen LogP contribution in [-0.4, -0.2) is 22.3 Å². The van der Waals surface area contributed by atoms with Crippen molar-refractivity contribution in [1.29, 1.82) is 0 Å². The number of amides is 1. The fourth-order valence-electron chi connectivity index (χ4n) is 2.65. The van der Waals surface area contributed by atoms with E-state index in [9.17, 15) is 4.79 Å². The van der Waals surface area contributed by atoms with Crippen LogP contribution in [0, 0.1) is 0 Å². The summed E-state index contributed by atoms with van der Waals surface area (Å²) in [4.78, 5) is 17.3. The Morgan fingerprint density at radius 2 is 2.00 bits per heavy atom. The molecule has 2 N–H and O–H groups in total. The van der Waals surface area contributed by atoms with Crippen molar-refractivity contribution in [3.05, 3.63) is 54.2 Å². The van der Waals surface area contributed by atoms with E-state index >= 15 is 0 Å². The number of hydrogen-bond acceptors (Lipinski definition) is 5. The number of aromatic nitrogens is 1. The molecule has 0 bridgehead atoms. The maximum atomic E-state index is 11.8. The lowest BCUT2D eigenvalue weighted by molar-refractivity contribution is -0.115. The monoisotopic (exact) mass is 367 g/mol. The van der Waals surface area contributed by atoms with E-state index in [0.29, 0.717) is 16.6 Å². The van der Waals surface area contributed by atoms with Crippen molar-refractivity contribution < 1.29 is 9.21 Å². The fraction of sp³-hybridized carbons (Fsp3) is 0.0556. The van der Waals surface area contributed by atoms with Crippen molar-refractivity contribution in [2.45, 2.75) is 4.90 Å². The minimum absolute atomic E-state index is 0.267. The standard InChI is InChI=1S/C18H13N3O2S2/c1-25-13-4-2-10(3-5-13)14-9-19-8-11-6-12(23-16(11)14)7-15-17(22)21-18(24)20-15/h2-9H,1H3,(H2,20,21,22,24). The van der Waals surface area contributed by atoms with E-state index in [2.05, 4.69) is 27.8 Å². The van der Waals surface area contributed by atoms with Gasteiger partial charge in [0.25, 0.3) is 5.91 Å². The molecule has 0 radical (unpaired) electrons. The highest BCUT2D eigenvalue weighted by Gasteiger charge is 2.21. The van der Waals surface area contributed by atoms with Crippen LogP contribution in [0.4, 0.5) is 0 Å². The predicted octanol–water partition coefficient (Wildman–Crippen LogP) is 3.56. The third kappa shape index (κ3) is 3.04. The topological polar surface area (TPSA) is 67.2 Å². The van der Waals surface area contributed by atoms with Crippen LogP contribution in [0.25, 0.3) is 28.2 Å². The first-order chi connectivity index (χ1) is 12.1. The highest BCUT2D eigenvalue weighted by molar-refractivity contribution is 7.98. The fourth-order valence-corrected chi connectivity index (χ4v) is 3.27. The van der Waals surface area contributed by atoms with E-state index in [-0.39, 0.29) is 5.91 Å². The number of benzene rings is 1. The molecular weight excluding hydrogens is 354 g/mol. The van der Waals surface area contributed by atoms with Crippen LogP contribution < -0.4 is 10.6 Å². The Bertz CT molecular complexity index is 1020. The second-order valence-electron chi connectivity index (χ2n) is 5.45. The third-order valence-electron chi connectivity index (χ3n) is 3.85. The molecule has 25 heavy (non-hydrogen) atoms. The first kappa shape index (κ1) is 15.9. The smallest absolute Gasteiger partial charge is 0.274 e. The van der Waals surface area contributed by atoms with E-state index in [4.69, 9.17) is 16.6 Å². The second-order valence-corrected chi connectivity index (χ2v) is 6.74. The number of hydrogen-bond donors (Lipinski definition) is 2. The zero-order valence-electron chi connectivity index (χ0n) is 13.2. The second kappa shape index (κ2) is 6.34. The quantitative estimate of drug-likeness (QED) is 0.419. The van der Waals surface area contributed by atoms with Gasteiger partial charge in [0.1, 0.15) is 17.0 Å². The molecule has 2 aromatic heterocycles. The van der Waals surface area contributed by atoms with Crippen molar-refractivity contribution in [2.75, 3.05) is 6.26 Å². The summed E-state index contributed by atoms with van der Waals surface area (Å²) in [6.45, 7) is 0. The van der Waals surface area contributed by atoms with Crippen LogP contribution in [0.3, 0.4) is 0 Å². The first-order valence-electron chi connectivity index (χ1n) is 7.50. The molecule has 1 aromatic carbocycles. The molecule has 5 nitrogen and oxygen atoms in total. The van der Waals surface area contributed by atoms with Gasteiger partial charge in [0.2, 0.25) is 0 Å². The van der Waals surface area contributed by atoms with E-state index in [1.54, 1.807) is 30.2 Å². The van der Waals surface area contributed by atoms with Crippen molar-refractivity contribution in [3.8, 4) is 11.1 Å². The maximum absolute atomic E-state index is 11.8. The van der Waals surface area contributed by atoms with Crippen molar-refractivity contribution >= 4 is 52.0 Å². The molecule has 1 aliphatic heterocycles. The van der Waals surface area contributed by atoms with Crippen LogP contribution in [0.15, 0.2) is 57.7 Å². The van der Waals surface area contributed by atoms with Crippen LogP contribution >= 0.6 is 24.0 Å². The number of pyridine rings is 1. The van der Waals surface area contributed by atoms with Gasteiger partial charge in [-0.25, -0.2) is 0 Å². The first-order valence-corrected chi connectivity index (χ1v) is 9.13. The zero-order valence-corrected chi connectivity index (χ0v) is 14.8. The molecule has 0 aliphatic carbocycles. The largest absolute Gasteiger partial charge is 0.456 e. The van der Waals surface area contributed by atoms with E-state index in [0.717, 1.165) is 22.1 Å². The zero-order chi connectivity index (χ0) is 17.4. The number of furan rings is 1. The normalized spacial score (nSPS) is 15.6. The molecule has 7 heteroatoms. The van der Waals surface area contributed by atoms with Gasteiger partial charge in [0.15, 0.2) is 5.11 Å². The van der Waals surface area contributed by atoms with Crippen molar-refractivity contribution in [2.24, 2.45) is 0 Å². The van der Waals surface area contributed by atoms with Crippen LogP contribution in [-0.2, 0) is 4.79 Å². The summed E-state index contributed by atoms with van der Waals surface area (Å²) in [5, 5.41) is 6.50. The van der Waals surface area contributed by atoms with E-state index < -0.39 is 0 Å². The molecule has 0 saturated carbocycles. The third-order valence-corrected chi connectivity index (χ3v) is 4.80. The molecule has 1 aliphatic rings. The molecule has 3 aromatic rings. The van der Waals surface area contributed by atoms with Gasteiger partial charge in [-0.3, -0.25) is 15.1 Å². The summed E-state index contributed by atoms with van der Waals surface area (Å²) < 4.78 is 5.97. The summed E-state index contributed by atoms with van der Waals surface area (Å²) in [5.41, 5.74) is 3.04. The number of thioether (sulfide) groups is 1. The Kier molecular flexibility index (Phi) is 4.03. The summed E-state index contributed by atoms with van der Waals surface area (Å²) in [5.74, 6) is 0.295. The Labute approximate surface area is 153 Å². The summed E-state index contributed by atoms with van der Waals surface area (Å²) >= 11 is 6.63. The minimum atomic E-state index is -0.267. The molecule has 0 spiro atoms. The van der Waals surface area contributed by atoms with Crippen LogP contribution in [0.2, 0.25) is 0 Å². The number of fused-ring (bicyclic) bond motifs is 1. The number of rotatable bonds is 3. The SMILES string of the molecule is CSc1ccc(-c2cncc3cc(C=C4NC(=S)NC4=O)oc23)cc1. The van der Waals surface area contributed by atoms with Gasteiger partial charge < -0.3 is 9.73 Å². The Morgan fingerprint density at radius 3 is 2.68 bits per heavy atom. The molecule has 3 heterocycles. The lowest BCUT2D eigenvalue weighted by Crippen LogP contribution is -2.21. The lowest BCUT2D eigenvalue weighted by Gasteiger charge is -2.03. The number of carbonyl (C=O) groups is 1. The average molecular weight is 367 g/mol. The van der Waals surface area contributed by atoms with Crippen LogP contribution in [0.5, 0.6) is 0 Å². The molecule has 1 saturated heterocycles. The Balaban J connectivity index is 1.77. The van der Waals surface area contributed by atoms with Crippen molar-refractivity contribution in [1.82, 2.24) is 15.6 Å². The molecule has 4 rings (SSSR count). The average Bonchev–Trinajstić information content (AvgIpc) is 3.17. The lowest BCUT2D eigenvalue weighted by atomic mass is 10.1. The molecule has 124 valence electrons. The Hall–Kier alpha value is -2.64. The predicted molar refractivity (Wildman–Crippen MR) is 103 cm³/mol. The number of thiocarbonyl (C=S) groups is 1. The summed E-state index contributed by atoms with van der Waals surface area (Å²) in [7, 11) is 0. The molecule has 0 atom stereocenters. The van der Waals surface area contributed by atoms with E-state index in [1.807, 2.05) is 24.5 Å². The maximum Gasteiger partial charge on any atom is 0.274 e. The molecule has 0 unspecified atom stereocenters. The van der Waals surface area contributed by atoms with E-state index in [1.165, 1.54) is 4.90 Å². The number of nitrogens with one attached hydrogen (secondary N) is 2. The number of nitrogens with zero attached hydrogens (tertiary/aromatic N) is 1. The highest BCUT2D eigenvalue weighted by Crippen LogP contribution is 2.31. The van der Waals surface area contributed by atoms with Crippen molar-refractivity contribution in [3.63, 3.8) is 0 Å². The van der Waals surface area contributed by atoms with Gasteiger partial charge >= 0.3 is 0 Å². The van der Waals surface area contributed by atoms with Gasteiger partial charge in [-0.15, -0.1) is 11.8 Å². The van der Waals surface area contributed by atoms with Gasteiger partial charge in [0, 0.05) is 34.3 Å². The molecule has 1 fully saturated rings. The molecule has 1 amide bonds. The summed E-state index contributed by atoms with van der Waals surface area (Å²) in [6, 6.07) is 10.1. The van der Waals surface area contributed by atoms with Crippen LogP contribution in [0.1, 0.15) is 5.76 Å². The van der Waals surface area contributed by atoms with Gasteiger partial charge in [-0.1, -0.05) is 12.1 Å². The summed E-state index contributed by atoms with van der Waals surface area (Å²) in [6.07, 6.45) is 7.21. The highest BCUT2D eigenvalue weighted by atomic mass is 32.2.